The fourth-order valence-electron chi connectivity index (χ4n) is 2.94. The molecular weight excluding hydrogens is 334 g/mol. The maximum Gasteiger partial charge on any atom is 0.411 e. The van der Waals surface area contributed by atoms with Crippen molar-refractivity contribution in [3.63, 3.8) is 0 Å². The molecule has 0 radical (unpaired) electrons. The number of alkyl carbamates (subject to hydrolysis) is 1. The van der Waals surface area contributed by atoms with Gasteiger partial charge in [0.25, 0.3) is 0 Å². The van der Waals surface area contributed by atoms with Gasteiger partial charge in [-0.05, 0) is 52.2 Å². The molecule has 144 valence electrons. The molecule has 1 aliphatic rings. The second-order valence-electron chi connectivity index (χ2n) is 7.67. The average Bonchev–Trinajstić information content (AvgIpc) is 2.54. The Labute approximate surface area is 154 Å². The zero-order valence-electron chi connectivity index (χ0n) is 15.7. The van der Waals surface area contributed by atoms with E-state index in [4.69, 9.17) is 15.2 Å². The van der Waals surface area contributed by atoms with E-state index < -0.39 is 17.8 Å². The van der Waals surface area contributed by atoms with Crippen LogP contribution in [0.15, 0.2) is 30.3 Å². The molecule has 1 fully saturated rings. The van der Waals surface area contributed by atoms with E-state index in [2.05, 4.69) is 10.6 Å². The molecule has 1 saturated carbocycles. The van der Waals surface area contributed by atoms with Crippen LogP contribution in [0.4, 0.5) is 15.3 Å². The van der Waals surface area contributed by atoms with Crippen molar-refractivity contribution in [1.82, 2.24) is 5.32 Å². The Hall–Kier alpha value is -2.28. The standard InChI is InChI=1S/C19H29N3O4/c1-19(2,3)26-18(24)22-15-9-10-16(20)13(11-15)12-25-17(23)21-14-7-5-4-6-8-14/h4-8,13,15-16H,9-12,20H2,1-3H3,(H,21,23)(H,22,24)/t13-,15+,16-/m0/s1. The van der Waals surface area contributed by atoms with Gasteiger partial charge >= 0.3 is 12.2 Å². The molecule has 0 aliphatic heterocycles. The van der Waals surface area contributed by atoms with Crippen molar-refractivity contribution in [2.45, 2.75) is 57.7 Å². The highest BCUT2D eigenvalue weighted by atomic mass is 16.6. The lowest BCUT2D eigenvalue weighted by molar-refractivity contribution is 0.0462. The van der Waals surface area contributed by atoms with E-state index in [0.717, 1.165) is 12.8 Å². The highest BCUT2D eigenvalue weighted by molar-refractivity contribution is 5.84. The van der Waals surface area contributed by atoms with Gasteiger partial charge in [-0.1, -0.05) is 18.2 Å². The second-order valence-corrected chi connectivity index (χ2v) is 7.67. The molecule has 2 rings (SSSR count). The first-order chi connectivity index (χ1) is 12.2. The molecule has 7 nitrogen and oxygen atoms in total. The van der Waals surface area contributed by atoms with Gasteiger partial charge in [-0.25, -0.2) is 9.59 Å². The quantitative estimate of drug-likeness (QED) is 0.762. The molecule has 0 spiro atoms. The van der Waals surface area contributed by atoms with Crippen LogP contribution in [0.2, 0.25) is 0 Å². The van der Waals surface area contributed by atoms with E-state index in [1.165, 1.54) is 0 Å². The molecule has 0 bridgehead atoms. The van der Waals surface area contributed by atoms with Gasteiger partial charge in [0.15, 0.2) is 0 Å². The number of carbonyl (C=O) groups is 2. The topological polar surface area (TPSA) is 103 Å². The summed E-state index contributed by atoms with van der Waals surface area (Å²) in [6.45, 7) is 5.69. The molecule has 0 saturated heterocycles. The Balaban J connectivity index is 1.78. The smallest absolute Gasteiger partial charge is 0.411 e. The van der Waals surface area contributed by atoms with Gasteiger partial charge in [0.05, 0.1) is 6.61 Å². The van der Waals surface area contributed by atoms with E-state index in [9.17, 15) is 9.59 Å². The van der Waals surface area contributed by atoms with Gasteiger partial charge in [-0.2, -0.15) is 0 Å². The maximum atomic E-state index is 11.9. The SMILES string of the molecule is CC(C)(C)OC(=O)N[C@@H]1CC[C@H](N)[C@H](COC(=O)Nc2ccccc2)C1. The lowest BCUT2D eigenvalue weighted by Gasteiger charge is -2.34. The van der Waals surface area contributed by atoms with Crippen molar-refractivity contribution in [2.75, 3.05) is 11.9 Å². The van der Waals surface area contributed by atoms with Gasteiger partial charge in [0.1, 0.15) is 5.60 Å². The number of ether oxygens (including phenoxy) is 2. The summed E-state index contributed by atoms with van der Waals surface area (Å²) >= 11 is 0. The van der Waals surface area contributed by atoms with Crippen LogP contribution in [-0.2, 0) is 9.47 Å². The van der Waals surface area contributed by atoms with Crippen LogP contribution in [-0.4, -0.2) is 36.5 Å². The number of amides is 2. The first kappa shape index (κ1) is 20.0. The Morgan fingerprint density at radius 1 is 1.15 bits per heavy atom. The largest absolute Gasteiger partial charge is 0.449 e. The Bertz CT molecular complexity index is 601. The lowest BCUT2D eigenvalue weighted by Crippen LogP contribution is -2.48. The maximum absolute atomic E-state index is 11.9. The summed E-state index contributed by atoms with van der Waals surface area (Å²) in [6.07, 6.45) is 1.26. The number of nitrogens with two attached hydrogens (primary N) is 1. The Morgan fingerprint density at radius 2 is 1.85 bits per heavy atom. The van der Waals surface area contributed by atoms with Crippen molar-refractivity contribution in [3.05, 3.63) is 30.3 Å². The van der Waals surface area contributed by atoms with Crippen LogP contribution in [0, 0.1) is 5.92 Å². The fraction of sp³-hybridized carbons (Fsp3) is 0.579. The normalized spacial score (nSPS) is 23.0. The number of carbonyl (C=O) groups excluding carboxylic acids is 2. The number of anilines is 1. The summed E-state index contributed by atoms with van der Waals surface area (Å²) in [5.74, 6) is -0.00906. The predicted molar refractivity (Wildman–Crippen MR) is 99.9 cm³/mol. The zero-order chi connectivity index (χ0) is 19.2. The third-order valence-corrected chi connectivity index (χ3v) is 4.21. The van der Waals surface area contributed by atoms with Crippen molar-refractivity contribution < 1.29 is 19.1 Å². The summed E-state index contributed by atoms with van der Waals surface area (Å²) in [7, 11) is 0. The molecular formula is C19H29N3O4. The van der Waals surface area contributed by atoms with Gasteiger partial charge in [-0.3, -0.25) is 5.32 Å². The number of hydrogen-bond donors (Lipinski definition) is 3. The highest BCUT2D eigenvalue weighted by Crippen LogP contribution is 2.24. The highest BCUT2D eigenvalue weighted by Gasteiger charge is 2.31. The molecule has 26 heavy (non-hydrogen) atoms. The molecule has 0 aromatic heterocycles. The molecule has 0 heterocycles. The van der Waals surface area contributed by atoms with Gasteiger partial charge in [0.2, 0.25) is 0 Å². The molecule has 3 atom stereocenters. The molecule has 1 aliphatic carbocycles. The molecule has 2 amide bonds. The van der Waals surface area contributed by atoms with Gasteiger partial charge in [0, 0.05) is 23.7 Å². The van der Waals surface area contributed by atoms with Crippen LogP contribution >= 0.6 is 0 Å². The number of nitrogens with one attached hydrogen (secondary N) is 2. The summed E-state index contributed by atoms with van der Waals surface area (Å²) in [6, 6.07) is 9.02. The third-order valence-electron chi connectivity index (χ3n) is 4.21. The van der Waals surface area contributed by atoms with Crippen LogP contribution in [0.3, 0.4) is 0 Å². The number of benzene rings is 1. The zero-order valence-corrected chi connectivity index (χ0v) is 15.7. The summed E-state index contributed by atoms with van der Waals surface area (Å²) < 4.78 is 10.6. The molecule has 7 heteroatoms. The van der Waals surface area contributed by atoms with E-state index in [1.807, 2.05) is 39.0 Å². The monoisotopic (exact) mass is 363 g/mol. The minimum Gasteiger partial charge on any atom is -0.449 e. The van der Waals surface area contributed by atoms with Gasteiger partial charge in [-0.15, -0.1) is 0 Å². The average molecular weight is 363 g/mol. The summed E-state index contributed by atoms with van der Waals surface area (Å²) in [5, 5.41) is 5.55. The minimum absolute atomic E-state index is 0.00906. The van der Waals surface area contributed by atoms with Crippen molar-refractivity contribution in [2.24, 2.45) is 11.7 Å². The molecule has 4 N–H and O–H groups in total. The number of rotatable bonds is 4. The lowest BCUT2D eigenvalue weighted by atomic mass is 9.82. The summed E-state index contributed by atoms with van der Waals surface area (Å²) in [4.78, 5) is 23.8. The minimum atomic E-state index is -0.535. The Morgan fingerprint density at radius 3 is 2.50 bits per heavy atom. The van der Waals surface area contributed by atoms with Crippen molar-refractivity contribution >= 4 is 17.9 Å². The van der Waals surface area contributed by atoms with Crippen LogP contribution in [0.1, 0.15) is 40.0 Å². The van der Waals surface area contributed by atoms with E-state index in [-0.39, 0.29) is 24.6 Å². The van der Waals surface area contributed by atoms with Crippen molar-refractivity contribution in [1.29, 1.82) is 0 Å². The van der Waals surface area contributed by atoms with E-state index >= 15 is 0 Å². The third kappa shape index (κ3) is 6.92. The van der Waals surface area contributed by atoms with E-state index in [0.29, 0.717) is 12.1 Å². The van der Waals surface area contributed by atoms with Crippen molar-refractivity contribution in [3.8, 4) is 0 Å². The van der Waals surface area contributed by atoms with Crippen LogP contribution in [0.25, 0.3) is 0 Å². The fourth-order valence-corrected chi connectivity index (χ4v) is 2.94. The molecule has 1 aromatic carbocycles. The number of hydrogen-bond acceptors (Lipinski definition) is 5. The first-order valence-corrected chi connectivity index (χ1v) is 8.97. The van der Waals surface area contributed by atoms with E-state index in [1.54, 1.807) is 12.1 Å². The van der Waals surface area contributed by atoms with Crippen LogP contribution in [0.5, 0.6) is 0 Å². The Kier molecular flexibility index (Phi) is 6.85. The first-order valence-electron chi connectivity index (χ1n) is 8.97. The summed E-state index contributed by atoms with van der Waals surface area (Å²) in [5.41, 5.74) is 6.30. The predicted octanol–water partition coefficient (Wildman–Crippen LogP) is 3.26. The second kappa shape index (κ2) is 8.89. The van der Waals surface area contributed by atoms with Gasteiger partial charge < -0.3 is 20.5 Å². The molecule has 1 aromatic rings. The molecule has 0 unspecified atom stereocenters. The number of para-hydroxylation sites is 1. The van der Waals surface area contributed by atoms with Crippen LogP contribution < -0.4 is 16.4 Å².